The first kappa shape index (κ1) is 12.3. The molecule has 1 aromatic rings. The van der Waals surface area contributed by atoms with Crippen molar-refractivity contribution in [2.24, 2.45) is 5.73 Å². The average Bonchev–Trinajstić information content (AvgIpc) is 2.47. The van der Waals surface area contributed by atoms with Crippen LogP contribution < -0.4 is 5.73 Å². The van der Waals surface area contributed by atoms with E-state index >= 15 is 0 Å². The third kappa shape index (κ3) is 2.62. The molecule has 2 rings (SSSR count). The maximum Gasteiger partial charge on any atom is 0.308 e. The first-order valence-corrected chi connectivity index (χ1v) is 4.75. The van der Waals surface area contributed by atoms with E-state index in [1.807, 2.05) is 12.1 Å². The van der Waals surface area contributed by atoms with Gasteiger partial charge in [0.05, 0.1) is 12.5 Å². The maximum atomic E-state index is 11.0. The second kappa shape index (κ2) is 4.84. The van der Waals surface area contributed by atoms with Gasteiger partial charge < -0.3 is 10.5 Å². The lowest BCUT2D eigenvalue weighted by Crippen LogP contribution is -2.23. The van der Waals surface area contributed by atoms with E-state index in [9.17, 15) is 4.79 Å². The number of carbonyl (C=O) groups is 1. The fraction of sp³-hybridized carbons (Fsp3) is 0.300. The van der Waals surface area contributed by atoms with E-state index in [1.165, 1.54) is 0 Å². The lowest BCUT2D eigenvalue weighted by atomic mass is 10.0. The summed E-state index contributed by atoms with van der Waals surface area (Å²) >= 11 is 5.74. The van der Waals surface area contributed by atoms with Crippen molar-refractivity contribution in [3.8, 4) is 0 Å². The quantitative estimate of drug-likeness (QED) is 0.774. The molecule has 1 aliphatic heterocycles. The summed E-state index contributed by atoms with van der Waals surface area (Å²) in [4.78, 5) is 11.0. The van der Waals surface area contributed by atoms with Gasteiger partial charge in [0.1, 0.15) is 6.10 Å². The second-order valence-electron chi connectivity index (χ2n) is 3.33. The topological polar surface area (TPSA) is 52.3 Å². The van der Waals surface area contributed by atoms with Crippen molar-refractivity contribution in [3.63, 3.8) is 0 Å². The predicted octanol–water partition coefficient (Wildman–Crippen LogP) is 2.08. The SMILES string of the molecule is Cl.N[C@@H]1CC(=O)O[C@H]1c1ccc(Cl)cc1. The van der Waals surface area contributed by atoms with Crippen molar-refractivity contribution in [1.29, 1.82) is 0 Å². The molecule has 1 aromatic carbocycles. The minimum absolute atomic E-state index is 0. The molecule has 5 heteroatoms. The fourth-order valence-corrected chi connectivity index (χ4v) is 1.67. The summed E-state index contributed by atoms with van der Waals surface area (Å²) in [6, 6.07) is 6.92. The number of cyclic esters (lactones) is 1. The molecule has 0 unspecified atom stereocenters. The van der Waals surface area contributed by atoms with Crippen LogP contribution in [0.2, 0.25) is 5.02 Å². The number of rotatable bonds is 1. The first-order valence-electron chi connectivity index (χ1n) is 4.37. The Morgan fingerprint density at radius 1 is 1.33 bits per heavy atom. The molecule has 3 nitrogen and oxygen atoms in total. The minimum Gasteiger partial charge on any atom is -0.456 e. The minimum atomic E-state index is -0.320. The van der Waals surface area contributed by atoms with Gasteiger partial charge in [0, 0.05) is 5.02 Å². The van der Waals surface area contributed by atoms with Gasteiger partial charge in [0.15, 0.2) is 0 Å². The normalized spacial score (nSPS) is 24.5. The van der Waals surface area contributed by atoms with Crippen molar-refractivity contribution in [2.45, 2.75) is 18.6 Å². The predicted molar refractivity (Wildman–Crippen MR) is 60.1 cm³/mol. The zero-order valence-electron chi connectivity index (χ0n) is 7.85. The molecule has 1 heterocycles. The Morgan fingerprint density at radius 2 is 1.93 bits per heavy atom. The van der Waals surface area contributed by atoms with Gasteiger partial charge in [0.2, 0.25) is 0 Å². The Labute approximate surface area is 99.0 Å². The van der Waals surface area contributed by atoms with Crippen LogP contribution in [0.5, 0.6) is 0 Å². The molecule has 0 spiro atoms. The first-order chi connectivity index (χ1) is 6.66. The third-order valence-electron chi connectivity index (χ3n) is 2.25. The van der Waals surface area contributed by atoms with Gasteiger partial charge in [-0.2, -0.15) is 0 Å². The van der Waals surface area contributed by atoms with E-state index in [2.05, 4.69) is 0 Å². The highest BCUT2D eigenvalue weighted by atomic mass is 35.5. The Morgan fingerprint density at radius 3 is 2.40 bits per heavy atom. The van der Waals surface area contributed by atoms with E-state index in [1.54, 1.807) is 12.1 Å². The molecule has 1 fully saturated rings. The van der Waals surface area contributed by atoms with Gasteiger partial charge in [-0.15, -0.1) is 12.4 Å². The van der Waals surface area contributed by atoms with Crippen molar-refractivity contribution in [1.82, 2.24) is 0 Å². The highest BCUT2D eigenvalue weighted by Gasteiger charge is 2.32. The largest absolute Gasteiger partial charge is 0.456 e. The number of hydrogen-bond donors (Lipinski definition) is 1. The van der Waals surface area contributed by atoms with Crippen LogP contribution in [0.4, 0.5) is 0 Å². The average molecular weight is 248 g/mol. The smallest absolute Gasteiger partial charge is 0.308 e. The number of ether oxygens (including phenoxy) is 1. The molecule has 0 aliphatic carbocycles. The molecule has 0 radical (unpaired) electrons. The van der Waals surface area contributed by atoms with Crippen molar-refractivity contribution in [2.75, 3.05) is 0 Å². The summed E-state index contributed by atoms with van der Waals surface area (Å²) < 4.78 is 5.09. The maximum absolute atomic E-state index is 11.0. The van der Waals surface area contributed by atoms with E-state index in [0.717, 1.165) is 5.56 Å². The molecule has 0 saturated carbocycles. The molecule has 2 N–H and O–H groups in total. The standard InChI is InChI=1S/C10H10ClNO2.ClH/c11-7-3-1-6(2-4-7)10-8(12)5-9(13)14-10;/h1-4,8,10H,5,12H2;1H/t8-,10+;/m1./s1. The molecule has 1 saturated heterocycles. The zero-order chi connectivity index (χ0) is 10.1. The molecule has 0 bridgehead atoms. The van der Waals surface area contributed by atoms with Gasteiger partial charge in [-0.1, -0.05) is 23.7 Å². The number of hydrogen-bond acceptors (Lipinski definition) is 3. The number of nitrogens with two attached hydrogens (primary N) is 1. The number of benzene rings is 1. The summed E-state index contributed by atoms with van der Waals surface area (Å²) in [7, 11) is 0. The second-order valence-corrected chi connectivity index (χ2v) is 3.77. The molecule has 1 aliphatic rings. The van der Waals surface area contributed by atoms with Gasteiger partial charge in [-0.25, -0.2) is 0 Å². The van der Waals surface area contributed by atoms with E-state index in [-0.39, 0.29) is 36.9 Å². The monoisotopic (exact) mass is 247 g/mol. The van der Waals surface area contributed by atoms with Crippen LogP contribution in [0.15, 0.2) is 24.3 Å². The van der Waals surface area contributed by atoms with Crippen LogP contribution in [-0.4, -0.2) is 12.0 Å². The van der Waals surface area contributed by atoms with E-state index in [0.29, 0.717) is 5.02 Å². The molecular formula is C10H11Cl2NO2. The van der Waals surface area contributed by atoms with Crippen LogP contribution in [0.3, 0.4) is 0 Å². The fourth-order valence-electron chi connectivity index (χ4n) is 1.54. The van der Waals surface area contributed by atoms with Gasteiger partial charge >= 0.3 is 5.97 Å². The van der Waals surface area contributed by atoms with Crippen LogP contribution in [0.1, 0.15) is 18.1 Å². The summed E-state index contributed by atoms with van der Waals surface area (Å²) in [5, 5.41) is 0.659. The van der Waals surface area contributed by atoms with E-state index in [4.69, 9.17) is 22.1 Å². The summed E-state index contributed by atoms with van der Waals surface area (Å²) in [6.07, 6.45) is -0.0346. The summed E-state index contributed by atoms with van der Waals surface area (Å²) in [6.45, 7) is 0. The lowest BCUT2D eigenvalue weighted by Gasteiger charge is -2.13. The third-order valence-corrected chi connectivity index (χ3v) is 2.50. The summed E-state index contributed by atoms with van der Waals surface area (Å²) in [5.41, 5.74) is 6.66. The Balaban J connectivity index is 0.00000112. The van der Waals surface area contributed by atoms with Crippen LogP contribution in [0.25, 0.3) is 0 Å². The summed E-state index contributed by atoms with van der Waals surface area (Å²) in [5.74, 6) is -0.238. The Hall–Kier alpha value is -0.770. The lowest BCUT2D eigenvalue weighted by molar-refractivity contribution is -0.141. The van der Waals surface area contributed by atoms with Crippen molar-refractivity contribution in [3.05, 3.63) is 34.9 Å². The van der Waals surface area contributed by atoms with Crippen LogP contribution in [0, 0.1) is 0 Å². The number of esters is 1. The number of carbonyl (C=O) groups excluding carboxylic acids is 1. The van der Waals surface area contributed by atoms with E-state index < -0.39 is 0 Å². The van der Waals surface area contributed by atoms with Crippen molar-refractivity contribution >= 4 is 30.0 Å². The van der Waals surface area contributed by atoms with Crippen molar-refractivity contribution < 1.29 is 9.53 Å². The molecule has 0 amide bonds. The zero-order valence-corrected chi connectivity index (χ0v) is 9.42. The Bertz CT molecular complexity index is 353. The van der Waals surface area contributed by atoms with Crippen LogP contribution >= 0.6 is 24.0 Å². The highest BCUT2D eigenvalue weighted by Crippen LogP contribution is 2.29. The molecule has 15 heavy (non-hydrogen) atoms. The molecule has 82 valence electrons. The highest BCUT2D eigenvalue weighted by molar-refractivity contribution is 6.30. The molecule has 2 atom stereocenters. The van der Waals surface area contributed by atoms with Gasteiger partial charge in [-0.3, -0.25) is 4.79 Å². The van der Waals surface area contributed by atoms with Gasteiger partial charge in [0.25, 0.3) is 0 Å². The van der Waals surface area contributed by atoms with Crippen LogP contribution in [-0.2, 0) is 9.53 Å². The molecule has 0 aromatic heterocycles. The molecular weight excluding hydrogens is 237 g/mol. The Kier molecular flexibility index (Phi) is 3.97. The number of halogens is 2. The van der Waals surface area contributed by atoms with Gasteiger partial charge in [-0.05, 0) is 17.7 Å².